The van der Waals surface area contributed by atoms with Gasteiger partial charge in [0.25, 0.3) is 0 Å². The van der Waals surface area contributed by atoms with E-state index in [-0.39, 0.29) is 16.5 Å². The quantitative estimate of drug-likeness (QED) is 0.601. The van der Waals surface area contributed by atoms with Crippen molar-refractivity contribution in [2.45, 2.75) is 12.8 Å². The molecule has 0 N–H and O–H groups in total. The van der Waals surface area contributed by atoms with Crippen LogP contribution in [0.4, 0.5) is 11.4 Å². The van der Waals surface area contributed by atoms with Crippen LogP contribution in [0.25, 0.3) is 0 Å². The summed E-state index contributed by atoms with van der Waals surface area (Å²) in [6.07, 6.45) is 0.868. The first kappa shape index (κ1) is 11.9. The minimum atomic E-state index is -0.478. The summed E-state index contributed by atoms with van der Waals surface area (Å²) in [5, 5.41) is 11.1. The highest BCUT2D eigenvalue weighted by Gasteiger charge is 2.25. The molecule has 0 aliphatic carbocycles. The third-order valence-electron chi connectivity index (χ3n) is 2.81. The SMILES string of the molecule is O=C1CCN(c2cccc(Cl)c2[N+](=O)[O-])CC1. The number of benzene rings is 1. The lowest BCUT2D eigenvalue weighted by atomic mass is 10.1. The zero-order valence-electron chi connectivity index (χ0n) is 9.06. The number of rotatable bonds is 2. The van der Waals surface area contributed by atoms with Crippen molar-refractivity contribution in [3.63, 3.8) is 0 Å². The Bertz CT molecular complexity index is 466. The monoisotopic (exact) mass is 254 g/mol. The van der Waals surface area contributed by atoms with Crippen LogP contribution >= 0.6 is 11.6 Å². The number of halogens is 1. The van der Waals surface area contributed by atoms with Crippen molar-refractivity contribution in [3.05, 3.63) is 33.3 Å². The van der Waals surface area contributed by atoms with Crippen molar-refractivity contribution < 1.29 is 9.72 Å². The minimum absolute atomic E-state index is 0.0801. The number of piperidine rings is 1. The summed E-state index contributed by atoms with van der Waals surface area (Å²) in [6.45, 7) is 1.03. The highest BCUT2D eigenvalue weighted by atomic mass is 35.5. The second kappa shape index (κ2) is 4.71. The van der Waals surface area contributed by atoms with Crippen LogP contribution in [0.1, 0.15) is 12.8 Å². The van der Waals surface area contributed by atoms with E-state index in [4.69, 9.17) is 11.6 Å². The number of Topliss-reactive ketones (excluding diaryl/α,β-unsaturated/α-hetero) is 1. The van der Waals surface area contributed by atoms with Crippen LogP contribution in [0.2, 0.25) is 5.02 Å². The number of nitro benzene ring substituents is 1. The molecule has 0 amide bonds. The van der Waals surface area contributed by atoms with Crippen molar-refractivity contribution in [1.29, 1.82) is 0 Å². The largest absolute Gasteiger partial charge is 0.365 e. The molecule has 90 valence electrons. The maximum Gasteiger partial charge on any atom is 0.310 e. The molecule has 1 aliphatic rings. The number of nitrogens with zero attached hydrogens (tertiary/aromatic N) is 2. The molecule has 1 aliphatic heterocycles. The van der Waals surface area contributed by atoms with Gasteiger partial charge in [-0.1, -0.05) is 17.7 Å². The van der Waals surface area contributed by atoms with E-state index in [9.17, 15) is 14.9 Å². The van der Waals surface area contributed by atoms with Crippen LogP contribution in [0.3, 0.4) is 0 Å². The van der Waals surface area contributed by atoms with Gasteiger partial charge < -0.3 is 4.90 Å². The third-order valence-corrected chi connectivity index (χ3v) is 3.11. The molecule has 0 aromatic heterocycles. The first-order valence-corrected chi connectivity index (χ1v) is 5.67. The molecule has 1 heterocycles. The van der Waals surface area contributed by atoms with Crippen molar-refractivity contribution in [2.75, 3.05) is 18.0 Å². The average molecular weight is 255 g/mol. The van der Waals surface area contributed by atoms with Crippen LogP contribution in [-0.4, -0.2) is 23.8 Å². The molecule has 0 atom stereocenters. The summed E-state index contributed by atoms with van der Waals surface area (Å²) >= 11 is 5.84. The van der Waals surface area contributed by atoms with E-state index in [1.165, 1.54) is 6.07 Å². The van der Waals surface area contributed by atoms with E-state index in [1.807, 2.05) is 4.90 Å². The summed E-state index contributed by atoms with van der Waals surface area (Å²) in [6, 6.07) is 4.85. The highest BCUT2D eigenvalue weighted by molar-refractivity contribution is 6.33. The van der Waals surface area contributed by atoms with Crippen molar-refractivity contribution >= 4 is 28.8 Å². The second-order valence-electron chi connectivity index (χ2n) is 3.89. The molecule has 0 spiro atoms. The molecule has 1 fully saturated rings. The molecule has 1 aromatic carbocycles. The zero-order chi connectivity index (χ0) is 12.4. The normalized spacial score (nSPS) is 16.1. The summed E-state index contributed by atoms with van der Waals surface area (Å²) in [4.78, 5) is 23.5. The lowest BCUT2D eigenvalue weighted by Crippen LogP contribution is -2.34. The van der Waals surface area contributed by atoms with Crippen molar-refractivity contribution in [1.82, 2.24) is 0 Å². The van der Waals surface area contributed by atoms with Gasteiger partial charge in [-0.25, -0.2) is 0 Å². The highest BCUT2D eigenvalue weighted by Crippen LogP contribution is 2.35. The fourth-order valence-corrected chi connectivity index (χ4v) is 2.18. The fourth-order valence-electron chi connectivity index (χ4n) is 1.94. The van der Waals surface area contributed by atoms with Gasteiger partial charge in [0.2, 0.25) is 0 Å². The minimum Gasteiger partial charge on any atom is -0.365 e. The van der Waals surface area contributed by atoms with Crippen LogP contribution in [0.15, 0.2) is 18.2 Å². The Morgan fingerprint density at radius 1 is 1.29 bits per heavy atom. The summed E-state index contributed by atoms with van der Waals surface area (Å²) < 4.78 is 0. The van der Waals surface area contributed by atoms with Gasteiger partial charge in [0.15, 0.2) is 0 Å². The van der Waals surface area contributed by atoms with Gasteiger partial charge in [0.1, 0.15) is 16.5 Å². The Morgan fingerprint density at radius 3 is 2.53 bits per heavy atom. The number of hydrogen-bond donors (Lipinski definition) is 0. The molecule has 1 aromatic rings. The number of hydrogen-bond acceptors (Lipinski definition) is 4. The summed E-state index contributed by atoms with van der Waals surface area (Å²) in [5.74, 6) is 0.200. The van der Waals surface area contributed by atoms with Crippen molar-refractivity contribution in [2.24, 2.45) is 0 Å². The van der Waals surface area contributed by atoms with Gasteiger partial charge in [-0.2, -0.15) is 0 Å². The predicted octanol–water partition coefficient (Wildman–Crippen LogP) is 2.42. The van der Waals surface area contributed by atoms with Gasteiger partial charge in [-0.15, -0.1) is 0 Å². The molecule has 1 saturated heterocycles. The Balaban J connectivity index is 2.35. The lowest BCUT2D eigenvalue weighted by Gasteiger charge is -2.27. The molecule has 0 radical (unpaired) electrons. The van der Waals surface area contributed by atoms with E-state index < -0.39 is 4.92 Å². The van der Waals surface area contributed by atoms with E-state index in [0.29, 0.717) is 31.6 Å². The molecular weight excluding hydrogens is 244 g/mol. The van der Waals surface area contributed by atoms with Crippen LogP contribution in [-0.2, 0) is 4.79 Å². The van der Waals surface area contributed by atoms with Crippen LogP contribution in [0.5, 0.6) is 0 Å². The molecule has 0 bridgehead atoms. The predicted molar refractivity (Wildman–Crippen MR) is 64.6 cm³/mol. The third kappa shape index (κ3) is 2.39. The van der Waals surface area contributed by atoms with Gasteiger partial charge in [-0.05, 0) is 12.1 Å². The lowest BCUT2D eigenvalue weighted by molar-refractivity contribution is -0.384. The van der Waals surface area contributed by atoms with E-state index >= 15 is 0 Å². The molecule has 0 unspecified atom stereocenters. The second-order valence-corrected chi connectivity index (χ2v) is 4.30. The van der Waals surface area contributed by atoms with Crippen LogP contribution < -0.4 is 4.90 Å². The maximum absolute atomic E-state index is 11.1. The molecule has 5 nitrogen and oxygen atoms in total. The van der Waals surface area contributed by atoms with E-state index in [1.54, 1.807) is 12.1 Å². The summed E-state index contributed by atoms with van der Waals surface area (Å²) in [5.41, 5.74) is 0.415. The van der Waals surface area contributed by atoms with Gasteiger partial charge >= 0.3 is 5.69 Å². The Labute approximate surface area is 103 Å². The molecule has 2 rings (SSSR count). The maximum atomic E-state index is 11.1. The van der Waals surface area contributed by atoms with Crippen LogP contribution in [0, 0.1) is 10.1 Å². The molecule has 17 heavy (non-hydrogen) atoms. The van der Waals surface area contributed by atoms with E-state index in [2.05, 4.69) is 0 Å². The first-order chi connectivity index (χ1) is 8.09. The van der Waals surface area contributed by atoms with Gasteiger partial charge in [-0.3, -0.25) is 14.9 Å². The Hall–Kier alpha value is -1.62. The Morgan fingerprint density at radius 2 is 1.94 bits per heavy atom. The fraction of sp³-hybridized carbons (Fsp3) is 0.364. The Kier molecular flexibility index (Phi) is 3.28. The number of anilines is 1. The smallest absolute Gasteiger partial charge is 0.310 e. The molecular formula is C11H11ClN2O3. The molecule has 0 saturated carbocycles. The average Bonchev–Trinajstić information content (AvgIpc) is 2.29. The number of carbonyl (C=O) groups excluding carboxylic acids is 1. The van der Waals surface area contributed by atoms with Crippen molar-refractivity contribution in [3.8, 4) is 0 Å². The van der Waals surface area contributed by atoms with E-state index in [0.717, 1.165) is 0 Å². The topological polar surface area (TPSA) is 63.5 Å². The number of ketones is 1. The zero-order valence-corrected chi connectivity index (χ0v) is 9.81. The number of nitro groups is 1. The number of para-hydroxylation sites is 1. The molecule has 6 heteroatoms. The summed E-state index contributed by atoms with van der Waals surface area (Å²) in [7, 11) is 0. The standard InChI is InChI=1S/C11H11ClN2O3/c12-9-2-1-3-10(11(9)14(16)17)13-6-4-8(15)5-7-13/h1-3H,4-7H2. The number of carbonyl (C=O) groups is 1. The van der Waals surface area contributed by atoms with Gasteiger partial charge in [0, 0.05) is 25.9 Å². The van der Waals surface area contributed by atoms with Gasteiger partial charge in [0.05, 0.1) is 4.92 Å². The first-order valence-electron chi connectivity index (χ1n) is 5.29.